The summed E-state index contributed by atoms with van der Waals surface area (Å²) in [6.07, 6.45) is -0.745. The van der Waals surface area contributed by atoms with Gasteiger partial charge < -0.3 is 21.1 Å². The molecule has 0 saturated carbocycles. The fourth-order valence-electron chi connectivity index (χ4n) is 3.57. The number of fused-ring (bicyclic) bond motifs is 1. The number of hydrogen-bond acceptors (Lipinski definition) is 5. The average Bonchev–Trinajstić information content (AvgIpc) is 3.20. The molecule has 7 nitrogen and oxygen atoms in total. The number of alkyl halides is 3. The number of amides is 1. The Morgan fingerprint density at radius 2 is 1.80 bits per heavy atom. The van der Waals surface area contributed by atoms with Crippen molar-refractivity contribution >= 4 is 23.1 Å². The van der Waals surface area contributed by atoms with E-state index in [0.717, 1.165) is 12.1 Å². The molecule has 2 aromatic heterocycles. The number of hydrogen-bond donors (Lipinski definition) is 4. The fourth-order valence-corrected chi connectivity index (χ4v) is 3.57. The topological polar surface area (TPSA) is 103 Å². The number of imidazole rings is 1. The van der Waals surface area contributed by atoms with Crippen molar-refractivity contribution in [1.29, 1.82) is 5.41 Å². The van der Waals surface area contributed by atoms with E-state index in [9.17, 15) is 23.1 Å². The average molecular weight is 479 g/mol. The van der Waals surface area contributed by atoms with Gasteiger partial charge in [0, 0.05) is 24.4 Å². The van der Waals surface area contributed by atoms with E-state index >= 15 is 0 Å². The van der Waals surface area contributed by atoms with E-state index in [4.69, 9.17) is 5.41 Å². The molecule has 0 spiro atoms. The van der Waals surface area contributed by atoms with Crippen LogP contribution in [0.25, 0.3) is 16.9 Å². The predicted octanol–water partition coefficient (Wildman–Crippen LogP) is 5.08. The zero-order valence-corrected chi connectivity index (χ0v) is 18.4. The van der Waals surface area contributed by atoms with Gasteiger partial charge in [-0.05, 0) is 36.5 Å². The smallest absolute Gasteiger partial charge is 0.417 e. The lowest BCUT2D eigenvalue weighted by molar-refractivity contribution is -0.137. The normalized spacial score (nSPS) is 11.7. The molecule has 10 heteroatoms. The Morgan fingerprint density at radius 3 is 2.49 bits per heavy atom. The zero-order chi connectivity index (χ0) is 25.2. The zero-order valence-electron chi connectivity index (χ0n) is 18.4. The monoisotopic (exact) mass is 479 g/mol. The molecule has 0 unspecified atom stereocenters. The Hall–Kier alpha value is -4.60. The summed E-state index contributed by atoms with van der Waals surface area (Å²) >= 11 is 0. The quantitative estimate of drug-likeness (QED) is 0.290. The van der Waals surface area contributed by atoms with E-state index in [-0.39, 0.29) is 5.82 Å². The number of phenolic OH excluding ortho intramolecular Hbond substituents is 1. The first-order valence-electron chi connectivity index (χ1n) is 10.4. The van der Waals surface area contributed by atoms with Crippen molar-refractivity contribution in [2.45, 2.75) is 6.18 Å². The van der Waals surface area contributed by atoms with Gasteiger partial charge in [0.2, 0.25) is 0 Å². The van der Waals surface area contributed by atoms with Crippen LogP contribution in [0.1, 0.15) is 21.5 Å². The summed E-state index contributed by atoms with van der Waals surface area (Å²) in [5.74, 6) is -1.44. The molecule has 0 fully saturated rings. The molecule has 178 valence electrons. The summed E-state index contributed by atoms with van der Waals surface area (Å²) in [6, 6.07) is 15.6. The summed E-state index contributed by atoms with van der Waals surface area (Å²) < 4.78 is 42.4. The lowest BCUT2D eigenvalue weighted by Crippen LogP contribution is -2.18. The van der Waals surface area contributed by atoms with Crippen LogP contribution in [-0.4, -0.2) is 33.2 Å². The van der Waals surface area contributed by atoms with Crippen LogP contribution >= 0.6 is 0 Å². The van der Waals surface area contributed by atoms with Gasteiger partial charge in [0.1, 0.15) is 22.9 Å². The SMILES string of the molecule is CN/C=C\C(=N)c1cc(C(=O)Nc2c(-c3ccccc3)nc3ccccn23)c(O)cc1C(F)(F)F. The number of aromatic hydroxyl groups is 1. The Labute approximate surface area is 198 Å². The van der Waals surface area contributed by atoms with Gasteiger partial charge in [0.15, 0.2) is 0 Å². The number of rotatable bonds is 6. The third-order valence-electron chi connectivity index (χ3n) is 5.20. The second kappa shape index (κ2) is 9.34. The van der Waals surface area contributed by atoms with Gasteiger partial charge in [-0.1, -0.05) is 36.4 Å². The molecule has 0 bridgehead atoms. The molecule has 0 saturated heterocycles. The molecule has 4 aromatic rings. The fraction of sp³-hybridized carbons (Fsp3) is 0.0800. The molecule has 0 aliphatic rings. The molecular weight excluding hydrogens is 459 g/mol. The lowest BCUT2D eigenvalue weighted by Gasteiger charge is -2.16. The predicted molar refractivity (Wildman–Crippen MR) is 127 cm³/mol. The molecule has 1 amide bonds. The van der Waals surface area contributed by atoms with Gasteiger partial charge >= 0.3 is 6.18 Å². The van der Waals surface area contributed by atoms with E-state index in [1.165, 1.54) is 13.2 Å². The summed E-state index contributed by atoms with van der Waals surface area (Å²) in [5.41, 5.74) is -0.978. The van der Waals surface area contributed by atoms with E-state index in [1.807, 2.05) is 18.2 Å². The van der Waals surface area contributed by atoms with Gasteiger partial charge in [0.25, 0.3) is 5.91 Å². The van der Waals surface area contributed by atoms with Gasteiger partial charge in [-0.25, -0.2) is 4.98 Å². The van der Waals surface area contributed by atoms with E-state index in [2.05, 4.69) is 15.6 Å². The minimum Gasteiger partial charge on any atom is -0.507 e. The van der Waals surface area contributed by atoms with Crippen LogP contribution in [0.4, 0.5) is 19.0 Å². The Bertz CT molecular complexity index is 1440. The first-order valence-corrected chi connectivity index (χ1v) is 10.4. The molecule has 4 N–H and O–H groups in total. The van der Waals surface area contributed by atoms with Crippen molar-refractivity contribution < 1.29 is 23.1 Å². The minimum atomic E-state index is -4.84. The number of anilines is 1. The van der Waals surface area contributed by atoms with Crippen LogP contribution in [0.5, 0.6) is 5.75 Å². The molecule has 35 heavy (non-hydrogen) atoms. The number of nitrogens with one attached hydrogen (secondary N) is 3. The second-order valence-electron chi connectivity index (χ2n) is 7.51. The number of halogens is 3. The summed E-state index contributed by atoms with van der Waals surface area (Å²) in [6.45, 7) is 0. The van der Waals surface area contributed by atoms with Crippen LogP contribution < -0.4 is 10.6 Å². The second-order valence-corrected chi connectivity index (χ2v) is 7.51. The van der Waals surface area contributed by atoms with E-state index < -0.39 is 40.2 Å². The van der Waals surface area contributed by atoms with E-state index in [1.54, 1.807) is 40.9 Å². The molecule has 0 aliphatic heterocycles. The van der Waals surface area contributed by atoms with Gasteiger partial charge in [-0.3, -0.25) is 9.20 Å². The highest BCUT2D eigenvalue weighted by Gasteiger charge is 2.36. The number of phenols is 1. The van der Waals surface area contributed by atoms with Gasteiger partial charge in [-0.2, -0.15) is 13.2 Å². The maximum absolute atomic E-state index is 13.6. The number of carbonyl (C=O) groups is 1. The summed E-state index contributed by atoms with van der Waals surface area (Å²) in [5, 5.41) is 23.7. The van der Waals surface area contributed by atoms with Crippen LogP contribution in [-0.2, 0) is 6.18 Å². The highest BCUT2D eigenvalue weighted by molar-refractivity contribution is 6.12. The number of carbonyl (C=O) groups excluding carboxylic acids is 1. The maximum atomic E-state index is 13.6. The van der Waals surface area contributed by atoms with Crippen molar-refractivity contribution in [2.75, 3.05) is 12.4 Å². The number of allylic oxidation sites excluding steroid dienone is 1. The molecule has 2 aromatic carbocycles. The third-order valence-corrected chi connectivity index (χ3v) is 5.20. The Kier molecular flexibility index (Phi) is 6.28. The molecule has 4 rings (SSSR count). The molecule has 0 atom stereocenters. The molecule has 2 heterocycles. The number of nitrogens with zero attached hydrogens (tertiary/aromatic N) is 2. The van der Waals surface area contributed by atoms with Gasteiger partial charge in [0.05, 0.1) is 16.8 Å². The number of aromatic nitrogens is 2. The summed E-state index contributed by atoms with van der Waals surface area (Å²) in [7, 11) is 1.53. The number of pyridine rings is 1. The van der Waals surface area contributed by atoms with Crippen molar-refractivity contribution in [3.8, 4) is 17.0 Å². The minimum absolute atomic E-state index is 0.280. The maximum Gasteiger partial charge on any atom is 0.417 e. The van der Waals surface area contributed by atoms with E-state index in [0.29, 0.717) is 23.0 Å². The largest absolute Gasteiger partial charge is 0.507 e. The van der Waals surface area contributed by atoms with Crippen molar-refractivity contribution in [1.82, 2.24) is 14.7 Å². The van der Waals surface area contributed by atoms with Gasteiger partial charge in [-0.15, -0.1) is 0 Å². The van der Waals surface area contributed by atoms with Crippen LogP contribution in [0.2, 0.25) is 0 Å². The highest BCUT2D eigenvalue weighted by Crippen LogP contribution is 2.37. The third kappa shape index (κ3) is 4.72. The molecule has 0 aliphatic carbocycles. The molecule has 0 radical (unpaired) electrons. The van der Waals surface area contributed by atoms with Crippen LogP contribution in [0.15, 0.2) is 79.1 Å². The summed E-state index contributed by atoms with van der Waals surface area (Å²) in [4.78, 5) is 17.8. The number of benzene rings is 2. The Morgan fingerprint density at radius 1 is 1.09 bits per heavy atom. The lowest BCUT2D eigenvalue weighted by atomic mass is 9.98. The van der Waals surface area contributed by atoms with Crippen molar-refractivity contribution in [3.63, 3.8) is 0 Å². The highest BCUT2D eigenvalue weighted by atomic mass is 19.4. The van der Waals surface area contributed by atoms with Crippen molar-refractivity contribution in [2.24, 2.45) is 0 Å². The van der Waals surface area contributed by atoms with Crippen molar-refractivity contribution in [3.05, 3.63) is 95.8 Å². The molecular formula is C25H20F3N5O2. The van der Waals surface area contributed by atoms with Crippen LogP contribution in [0, 0.1) is 5.41 Å². The first-order chi connectivity index (χ1) is 16.7. The Balaban J connectivity index is 1.81. The standard InChI is InChI=1S/C25H20F3N5O2/c1-30-11-10-19(29)16-13-17(20(34)14-18(16)25(26,27)28)24(35)32-23-22(15-7-3-2-4-8-15)31-21-9-5-6-12-33(21)23/h2-14,29-30,34H,1H3,(H,32,35)/b11-10-,29-19?. The first kappa shape index (κ1) is 23.6. The van der Waals surface area contributed by atoms with Crippen LogP contribution in [0.3, 0.4) is 0 Å².